The average molecular weight is 257 g/mol. The highest BCUT2D eigenvalue weighted by Crippen LogP contribution is 2.26. The standard InChI is InChI=1S/C11H19N3O2S/c1-13-10(17-2)12-9(15)14(11(13)16)8-6-4-3-5-7-8/h8,10H,3-7H2,1-2H3,(H,12,15). The van der Waals surface area contributed by atoms with E-state index in [1.807, 2.05) is 6.26 Å². The molecular weight excluding hydrogens is 238 g/mol. The number of thioether (sulfide) groups is 1. The molecule has 0 radical (unpaired) electrons. The van der Waals surface area contributed by atoms with Crippen molar-refractivity contribution in [1.82, 2.24) is 15.1 Å². The smallest absolute Gasteiger partial charge is 0.308 e. The lowest BCUT2D eigenvalue weighted by atomic mass is 9.94. The molecule has 2 rings (SSSR count). The van der Waals surface area contributed by atoms with Gasteiger partial charge in [0.05, 0.1) is 0 Å². The molecule has 1 unspecified atom stereocenters. The van der Waals surface area contributed by atoms with E-state index in [0.29, 0.717) is 0 Å². The van der Waals surface area contributed by atoms with E-state index in [2.05, 4.69) is 5.32 Å². The van der Waals surface area contributed by atoms with E-state index in [-0.39, 0.29) is 23.6 Å². The zero-order chi connectivity index (χ0) is 12.4. The Morgan fingerprint density at radius 2 is 1.88 bits per heavy atom. The summed E-state index contributed by atoms with van der Waals surface area (Å²) in [4.78, 5) is 27.2. The first-order valence-electron chi connectivity index (χ1n) is 6.04. The van der Waals surface area contributed by atoms with Crippen LogP contribution in [-0.2, 0) is 0 Å². The highest BCUT2D eigenvalue weighted by molar-refractivity contribution is 7.99. The molecule has 0 bridgehead atoms. The molecule has 2 aliphatic rings. The molecule has 0 aromatic rings. The molecule has 1 atom stereocenters. The maximum atomic E-state index is 12.2. The van der Waals surface area contributed by atoms with Gasteiger partial charge in [-0.15, -0.1) is 11.8 Å². The number of imide groups is 1. The number of urea groups is 2. The van der Waals surface area contributed by atoms with Gasteiger partial charge < -0.3 is 5.32 Å². The molecule has 1 aliphatic heterocycles. The minimum Gasteiger partial charge on any atom is -0.308 e. The second kappa shape index (κ2) is 5.16. The quantitative estimate of drug-likeness (QED) is 0.823. The molecule has 0 aromatic carbocycles. The Bertz CT molecular complexity index is 318. The first-order chi connectivity index (χ1) is 8.15. The maximum Gasteiger partial charge on any atom is 0.330 e. The van der Waals surface area contributed by atoms with Crippen LogP contribution in [0.15, 0.2) is 0 Å². The normalized spacial score (nSPS) is 27.3. The maximum absolute atomic E-state index is 12.2. The van der Waals surface area contributed by atoms with Crippen LogP contribution in [-0.4, -0.2) is 46.7 Å². The van der Waals surface area contributed by atoms with Crippen LogP contribution in [0.5, 0.6) is 0 Å². The van der Waals surface area contributed by atoms with E-state index < -0.39 is 0 Å². The molecule has 6 heteroatoms. The molecule has 0 aromatic heterocycles. The van der Waals surface area contributed by atoms with Crippen LogP contribution in [0, 0.1) is 0 Å². The largest absolute Gasteiger partial charge is 0.330 e. The highest BCUT2D eigenvalue weighted by Gasteiger charge is 2.39. The van der Waals surface area contributed by atoms with Gasteiger partial charge in [-0.05, 0) is 19.1 Å². The van der Waals surface area contributed by atoms with Gasteiger partial charge in [0.2, 0.25) is 0 Å². The van der Waals surface area contributed by atoms with Crippen LogP contribution < -0.4 is 5.32 Å². The fourth-order valence-electron chi connectivity index (χ4n) is 2.51. The van der Waals surface area contributed by atoms with Crippen molar-refractivity contribution in [3.05, 3.63) is 0 Å². The predicted molar refractivity (Wildman–Crippen MR) is 67.7 cm³/mol. The first-order valence-corrected chi connectivity index (χ1v) is 7.33. The zero-order valence-electron chi connectivity index (χ0n) is 10.3. The van der Waals surface area contributed by atoms with Crippen LogP contribution >= 0.6 is 11.8 Å². The predicted octanol–water partition coefficient (Wildman–Crippen LogP) is 2.04. The zero-order valence-corrected chi connectivity index (χ0v) is 11.1. The fourth-order valence-corrected chi connectivity index (χ4v) is 3.13. The molecule has 2 fully saturated rings. The molecule has 1 N–H and O–H groups in total. The lowest BCUT2D eigenvalue weighted by Crippen LogP contribution is -2.65. The van der Waals surface area contributed by atoms with Crippen molar-refractivity contribution in [3.63, 3.8) is 0 Å². The topological polar surface area (TPSA) is 52.7 Å². The third kappa shape index (κ3) is 2.36. The molecule has 1 aliphatic carbocycles. The summed E-state index contributed by atoms with van der Waals surface area (Å²) >= 11 is 1.46. The summed E-state index contributed by atoms with van der Waals surface area (Å²) in [5, 5.41) is 2.85. The van der Waals surface area contributed by atoms with Crippen LogP contribution in [0.3, 0.4) is 0 Å². The van der Waals surface area contributed by atoms with Crippen molar-refractivity contribution in [2.75, 3.05) is 13.3 Å². The minimum absolute atomic E-state index is 0.0847. The van der Waals surface area contributed by atoms with E-state index in [1.165, 1.54) is 23.1 Å². The molecule has 1 saturated heterocycles. The van der Waals surface area contributed by atoms with Gasteiger partial charge in [0.25, 0.3) is 0 Å². The number of amides is 4. The number of carbonyl (C=O) groups is 2. The first kappa shape index (κ1) is 12.5. The SMILES string of the molecule is CSC1NC(=O)N(C2CCCCC2)C(=O)N1C. The van der Waals surface area contributed by atoms with Crippen LogP contribution in [0.25, 0.3) is 0 Å². The number of hydrogen-bond acceptors (Lipinski definition) is 3. The molecule has 1 saturated carbocycles. The van der Waals surface area contributed by atoms with Crippen molar-refractivity contribution in [1.29, 1.82) is 0 Å². The van der Waals surface area contributed by atoms with Gasteiger partial charge in [-0.3, -0.25) is 4.90 Å². The van der Waals surface area contributed by atoms with E-state index in [4.69, 9.17) is 0 Å². The van der Waals surface area contributed by atoms with Gasteiger partial charge in [-0.2, -0.15) is 0 Å². The van der Waals surface area contributed by atoms with Crippen LogP contribution in [0.2, 0.25) is 0 Å². The monoisotopic (exact) mass is 257 g/mol. The fraction of sp³-hybridized carbons (Fsp3) is 0.818. The Morgan fingerprint density at radius 3 is 2.47 bits per heavy atom. The van der Waals surface area contributed by atoms with Crippen LogP contribution in [0.1, 0.15) is 32.1 Å². The van der Waals surface area contributed by atoms with Crippen molar-refractivity contribution in [2.45, 2.75) is 43.6 Å². The second-order valence-electron chi connectivity index (χ2n) is 4.59. The number of nitrogens with zero attached hydrogens (tertiary/aromatic N) is 2. The van der Waals surface area contributed by atoms with Crippen molar-refractivity contribution < 1.29 is 9.59 Å². The van der Waals surface area contributed by atoms with Gasteiger partial charge in [0, 0.05) is 13.1 Å². The summed E-state index contributed by atoms with van der Waals surface area (Å²) in [6.45, 7) is 0. The number of nitrogens with one attached hydrogen (secondary N) is 1. The molecule has 4 amide bonds. The third-order valence-electron chi connectivity index (χ3n) is 3.49. The van der Waals surface area contributed by atoms with Gasteiger partial charge in [-0.25, -0.2) is 14.5 Å². The van der Waals surface area contributed by atoms with Gasteiger partial charge in [0.1, 0.15) is 0 Å². The summed E-state index contributed by atoms with van der Waals surface area (Å²) in [6, 6.07) is -0.319. The number of hydrogen-bond donors (Lipinski definition) is 1. The van der Waals surface area contributed by atoms with Gasteiger partial charge >= 0.3 is 12.1 Å². The third-order valence-corrected chi connectivity index (χ3v) is 4.37. The lowest BCUT2D eigenvalue weighted by Gasteiger charge is -2.42. The minimum atomic E-state index is -0.241. The summed E-state index contributed by atoms with van der Waals surface area (Å²) < 4.78 is 0. The summed E-state index contributed by atoms with van der Waals surface area (Å²) in [7, 11) is 1.73. The molecule has 17 heavy (non-hydrogen) atoms. The molecule has 5 nitrogen and oxygen atoms in total. The van der Waals surface area contributed by atoms with E-state index >= 15 is 0 Å². The van der Waals surface area contributed by atoms with E-state index in [1.54, 1.807) is 11.9 Å². The Balaban J connectivity index is 2.11. The second-order valence-corrected chi connectivity index (χ2v) is 5.51. The number of carbonyl (C=O) groups excluding carboxylic acids is 2. The molecule has 96 valence electrons. The van der Waals surface area contributed by atoms with E-state index in [0.717, 1.165) is 25.7 Å². The van der Waals surface area contributed by atoms with Crippen molar-refractivity contribution >= 4 is 23.8 Å². The summed E-state index contributed by atoms with van der Waals surface area (Å²) in [5.41, 5.74) is -0.241. The number of rotatable bonds is 2. The average Bonchev–Trinajstić information content (AvgIpc) is 2.35. The van der Waals surface area contributed by atoms with Crippen LogP contribution in [0.4, 0.5) is 9.59 Å². The Labute approximate surface area is 106 Å². The Morgan fingerprint density at radius 1 is 1.24 bits per heavy atom. The molecule has 1 heterocycles. The summed E-state index contributed by atoms with van der Waals surface area (Å²) in [5.74, 6) is 0. The summed E-state index contributed by atoms with van der Waals surface area (Å²) in [6.07, 6.45) is 7.19. The molecule has 0 spiro atoms. The lowest BCUT2D eigenvalue weighted by molar-refractivity contribution is 0.109. The van der Waals surface area contributed by atoms with Gasteiger partial charge in [0.15, 0.2) is 5.50 Å². The Hall–Kier alpha value is -0.910. The Kier molecular flexibility index (Phi) is 3.81. The molecular formula is C11H19N3O2S. The van der Waals surface area contributed by atoms with Crippen molar-refractivity contribution in [2.24, 2.45) is 0 Å². The van der Waals surface area contributed by atoms with E-state index in [9.17, 15) is 9.59 Å². The van der Waals surface area contributed by atoms with Gasteiger partial charge in [-0.1, -0.05) is 19.3 Å². The van der Waals surface area contributed by atoms with Crippen molar-refractivity contribution in [3.8, 4) is 0 Å². The highest BCUT2D eigenvalue weighted by atomic mass is 32.2.